The van der Waals surface area contributed by atoms with Crippen molar-refractivity contribution in [1.29, 1.82) is 0 Å². The maximum Gasteiger partial charge on any atom is 0.232 e. The number of benzene rings is 3. The quantitative estimate of drug-likeness (QED) is 0.220. The van der Waals surface area contributed by atoms with Crippen molar-refractivity contribution in [2.24, 2.45) is 0 Å². The zero-order valence-electron chi connectivity index (χ0n) is 22.0. The highest BCUT2D eigenvalue weighted by atomic mass is 16.3. The molecular weight excluding hydrogens is 490 g/mol. The molecule has 2 aromatic heterocycles. The molecule has 1 amide bonds. The minimum Gasteiger partial charge on any atom is -0.437 e. The maximum absolute atomic E-state index is 12.5. The summed E-state index contributed by atoms with van der Waals surface area (Å²) >= 11 is 0. The fourth-order valence-electron chi connectivity index (χ4n) is 4.50. The van der Waals surface area contributed by atoms with Crippen molar-refractivity contribution >= 4 is 28.5 Å². The normalized spacial score (nSPS) is 12.0. The number of fused-ring (bicyclic) bond motifs is 1. The topological polar surface area (TPSA) is 104 Å². The molecule has 5 rings (SSSR count). The third kappa shape index (κ3) is 5.98. The van der Waals surface area contributed by atoms with E-state index in [1.807, 2.05) is 104 Å². The van der Waals surface area contributed by atoms with Crippen LogP contribution in [0, 0.1) is 0 Å². The molecule has 0 spiro atoms. The van der Waals surface area contributed by atoms with Gasteiger partial charge in [-0.25, -0.2) is 9.97 Å². The molecule has 5 aromatic rings. The fourth-order valence-corrected chi connectivity index (χ4v) is 4.50. The smallest absolute Gasteiger partial charge is 0.232 e. The first kappa shape index (κ1) is 26.1. The van der Waals surface area contributed by atoms with E-state index in [1.165, 1.54) is 6.33 Å². The number of hydrogen-bond acceptors (Lipinski definition) is 7. The Morgan fingerprint density at radius 1 is 0.949 bits per heavy atom. The Morgan fingerprint density at radius 3 is 2.38 bits per heavy atom. The highest BCUT2D eigenvalue weighted by molar-refractivity contribution is 6.06. The predicted molar refractivity (Wildman–Crippen MR) is 154 cm³/mol. The Labute approximate surface area is 227 Å². The van der Waals surface area contributed by atoms with E-state index in [0.717, 1.165) is 22.3 Å². The van der Waals surface area contributed by atoms with Gasteiger partial charge in [0, 0.05) is 29.8 Å². The minimum atomic E-state index is -0.380. The van der Waals surface area contributed by atoms with Crippen LogP contribution in [0.1, 0.15) is 18.0 Å². The van der Waals surface area contributed by atoms with Gasteiger partial charge in [0.2, 0.25) is 11.6 Å². The molecule has 0 radical (unpaired) electrons. The summed E-state index contributed by atoms with van der Waals surface area (Å²) in [6.45, 7) is 0.540. The van der Waals surface area contributed by atoms with Crippen molar-refractivity contribution in [2.45, 2.75) is 12.5 Å². The van der Waals surface area contributed by atoms with E-state index < -0.39 is 0 Å². The van der Waals surface area contributed by atoms with Crippen molar-refractivity contribution in [1.82, 2.24) is 14.9 Å². The summed E-state index contributed by atoms with van der Waals surface area (Å²) in [4.78, 5) is 23.5. The van der Waals surface area contributed by atoms with Crippen LogP contribution in [0.5, 0.6) is 0 Å². The molecule has 0 unspecified atom stereocenters. The van der Waals surface area contributed by atoms with Gasteiger partial charge >= 0.3 is 0 Å². The number of aliphatic hydroxyl groups excluding tert-OH is 1. The number of rotatable bonds is 10. The van der Waals surface area contributed by atoms with Crippen LogP contribution in [0.3, 0.4) is 0 Å². The molecule has 1 atom stereocenters. The Bertz CT molecular complexity index is 1550. The molecule has 0 aliphatic carbocycles. The van der Waals surface area contributed by atoms with Gasteiger partial charge in [-0.15, -0.1) is 0 Å². The molecule has 0 fully saturated rings. The van der Waals surface area contributed by atoms with Crippen molar-refractivity contribution in [3.63, 3.8) is 0 Å². The Kier molecular flexibility index (Phi) is 7.96. The number of aromatic nitrogens is 2. The summed E-state index contributed by atoms with van der Waals surface area (Å²) in [5, 5.41) is 17.3. The molecule has 8 heteroatoms. The van der Waals surface area contributed by atoms with Gasteiger partial charge in [-0.3, -0.25) is 4.79 Å². The van der Waals surface area contributed by atoms with Gasteiger partial charge in [0.1, 0.15) is 17.9 Å². The SMILES string of the molecule is CN(C)CCC(=O)Nc1cccc(-c2c(-c3ccccc3)oc3ncnc(N[C@H](CO)c4ccccc4)c23)c1. The second-order valence-corrected chi connectivity index (χ2v) is 9.55. The molecule has 39 heavy (non-hydrogen) atoms. The van der Waals surface area contributed by atoms with Gasteiger partial charge in [0.25, 0.3) is 0 Å². The van der Waals surface area contributed by atoms with Crippen molar-refractivity contribution in [3.05, 3.63) is 96.8 Å². The molecule has 8 nitrogen and oxygen atoms in total. The van der Waals surface area contributed by atoms with Crippen LogP contribution in [-0.4, -0.2) is 53.1 Å². The zero-order chi connectivity index (χ0) is 27.2. The second-order valence-electron chi connectivity index (χ2n) is 9.55. The average molecular weight is 522 g/mol. The summed E-state index contributed by atoms with van der Waals surface area (Å²) < 4.78 is 6.34. The number of anilines is 2. The van der Waals surface area contributed by atoms with E-state index >= 15 is 0 Å². The maximum atomic E-state index is 12.5. The molecule has 198 valence electrons. The van der Waals surface area contributed by atoms with E-state index in [4.69, 9.17) is 4.42 Å². The van der Waals surface area contributed by atoms with Crippen molar-refractivity contribution in [3.8, 4) is 22.5 Å². The van der Waals surface area contributed by atoms with Crippen LogP contribution in [0.15, 0.2) is 95.7 Å². The molecule has 3 N–H and O–H groups in total. The zero-order valence-corrected chi connectivity index (χ0v) is 22.0. The summed E-state index contributed by atoms with van der Waals surface area (Å²) in [5.41, 5.74) is 4.57. The van der Waals surface area contributed by atoms with Crippen LogP contribution in [0.2, 0.25) is 0 Å². The van der Waals surface area contributed by atoms with E-state index in [9.17, 15) is 9.90 Å². The molecule has 0 saturated carbocycles. The van der Waals surface area contributed by atoms with Gasteiger partial charge < -0.3 is 25.1 Å². The van der Waals surface area contributed by atoms with Gasteiger partial charge in [0.15, 0.2) is 0 Å². The third-order valence-electron chi connectivity index (χ3n) is 6.44. The first-order valence-electron chi connectivity index (χ1n) is 12.8. The van der Waals surface area contributed by atoms with Crippen molar-refractivity contribution in [2.75, 3.05) is 37.9 Å². The predicted octanol–water partition coefficient (Wildman–Crippen LogP) is 5.59. The van der Waals surface area contributed by atoms with Gasteiger partial charge in [-0.1, -0.05) is 72.8 Å². The fraction of sp³-hybridized carbons (Fsp3) is 0.194. The number of carbonyl (C=O) groups excluding carboxylic acids is 1. The first-order valence-corrected chi connectivity index (χ1v) is 12.8. The minimum absolute atomic E-state index is 0.0551. The standard InChI is InChI=1S/C31H31N5O3/c1-36(2)17-16-26(38)34-24-15-9-14-23(18-24)27-28-30(35-25(19-37)21-10-5-3-6-11-21)32-20-33-31(28)39-29(27)22-12-7-4-8-13-22/h3-15,18,20,25,37H,16-17,19H2,1-2H3,(H,34,38)(H,32,33,35)/t25-/m1/s1. The van der Waals surface area contributed by atoms with E-state index in [1.54, 1.807) is 0 Å². The number of hydrogen-bond donors (Lipinski definition) is 3. The van der Waals surface area contributed by atoms with E-state index in [-0.39, 0.29) is 18.6 Å². The highest BCUT2D eigenvalue weighted by Crippen LogP contribution is 2.43. The lowest BCUT2D eigenvalue weighted by Crippen LogP contribution is -2.20. The summed E-state index contributed by atoms with van der Waals surface area (Å²) in [5.74, 6) is 1.13. The number of carbonyl (C=O) groups is 1. The second kappa shape index (κ2) is 11.9. The van der Waals surface area contributed by atoms with Gasteiger partial charge in [-0.05, 0) is 37.4 Å². The van der Waals surface area contributed by atoms with Crippen molar-refractivity contribution < 1.29 is 14.3 Å². The first-order chi connectivity index (χ1) is 19.0. The molecule has 0 aliphatic heterocycles. The Balaban J connectivity index is 1.61. The van der Waals surface area contributed by atoms with Gasteiger partial charge in [0.05, 0.1) is 18.0 Å². The van der Waals surface area contributed by atoms with Crippen LogP contribution < -0.4 is 10.6 Å². The largest absolute Gasteiger partial charge is 0.437 e. The van der Waals surface area contributed by atoms with Crippen LogP contribution in [0.25, 0.3) is 33.6 Å². The van der Waals surface area contributed by atoms with Crippen LogP contribution in [0.4, 0.5) is 11.5 Å². The lowest BCUT2D eigenvalue weighted by atomic mass is 9.98. The number of nitrogens with one attached hydrogen (secondary N) is 2. The summed E-state index contributed by atoms with van der Waals surface area (Å²) in [6, 6.07) is 26.9. The molecule has 0 bridgehead atoms. The number of amides is 1. The monoisotopic (exact) mass is 521 g/mol. The Hall–Kier alpha value is -4.53. The molecule has 0 saturated heterocycles. The summed E-state index contributed by atoms with van der Waals surface area (Å²) in [6.07, 6.45) is 1.85. The summed E-state index contributed by atoms with van der Waals surface area (Å²) in [7, 11) is 3.88. The van der Waals surface area contributed by atoms with Crippen LogP contribution in [-0.2, 0) is 4.79 Å². The average Bonchev–Trinajstić information content (AvgIpc) is 3.36. The van der Waals surface area contributed by atoms with E-state index in [0.29, 0.717) is 41.3 Å². The third-order valence-corrected chi connectivity index (χ3v) is 6.44. The van der Waals surface area contributed by atoms with Gasteiger partial charge in [-0.2, -0.15) is 0 Å². The van der Waals surface area contributed by atoms with E-state index in [2.05, 4.69) is 20.6 Å². The lowest BCUT2D eigenvalue weighted by molar-refractivity contribution is -0.116. The lowest BCUT2D eigenvalue weighted by Gasteiger charge is -2.18. The highest BCUT2D eigenvalue weighted by Gasteiger charge is 2.24. The number of nitrogens with zero attached hydrogens (tertiary/aromatic N) is 3. The number of furan rings is 1. The Morgan fingerprint density at radius 2 is 1.67 bits per heavy atom. The number of aliphatic hydroxyl groups is 1. The molecular formula is C31H31N5O3. The molecule has 3 aromatic carbocycles. The molecule has 2 heterocycles. The van der Waals surface area contributed by atoms with Crippen LogP contribution >= 0.6 is 0 Å². The molecule has 0 aliphatic rings.